The van der Waals surface area contributed by atoms with E-state index in [1.54, 1.807) is 5.38 Å². The van der Waals surface area contributed by atoms with E-state index in [9.17, 15) is 9.59 Å². The fourth-order valence-corrected chi connectivity index (χ4v) is 2.35. The smallest absolute Gasteiger partial charge is 0.326 e. The topological polar surface area (TPSA) is 105 Å². The molecular weight excluding hydrogens is 266 g/mol. The molecule has 1 atom stereocenters. The zero-order valence-electron chi connectivity index (χ0n) is 10.9. The lowest BCUT2D eigenvalue weighted by molar-refractivity contribution is -0.139. The Balaban J connectivity index is 2.62. The lowest BCUT2D eigenvalue weighted by atomic mass is 10.1. The Morgan fingerprint density at radius 1 is 1.58 bits per heavy atom. The van der Waals surface area contributed by atoms with Crippen molar-refractivity contribution in [3.63, 3.8) is 0 Å². The van der Waals surface area contributed by atoms with Gasteiger partial charge in [0.15, 0.2) is 0 Å². The molecule has 0 aliphatic rings. The van der Waals surface area contributed by atoms with Gasteiger partial charge in [-0.25, -0.2) is 9.78 Å². The first-order chi connectivity index (χ1) is 9.08. The molecule has 0 spiro atoms. The highest BCUT2D eigenvalue weighted by Crippen LogP contribution is 2.10. The standard InChI is InChI=1S/C12H19N3O3S/c1-2-3-4-8(12(17)18)15-11(16)9-7-19-10(14-9)5-6-13/h7-8H,2-6,13H2,1H3,(H,15,16)(H,17,18). The fraction of sp³-hybridized carbons (Fsp3) is 0.583. The van der Waals surface area contributed by atoms with Gasteiger partial charge in [0.05, 0.1) is 5.01 Å². The van der Waals surface area contributed by atoms with Gasteiger partial charge in [0.1, 0.15) is 11.7 Å². The maximum atomic E-state index is 11.9. The van der Waals surface area contributed by atoms with Crippen LogP contribution in [-0.4, -0.2) is 34.6 Å². The second-order valence-electron chi connectivity index (χ2n) is 4.17. The average Bonchev–Trinajstić information content (AvgIpc) is 2.83. The predicted octanol–water partition coefficient (Wildman–Crippen LogP) is 1.02. The minimum atomic E-state index is -1.01. The van der Waals surface area contributed by atoms with Crippen LogP contribution in [0.1, 0.15) is 41.7 Å². The quantitative estimate of drug-likeness (QED) is 0.661. The monoisotopic (exact) mass is 285 g/mol. The number of aromatic nitrogens is 1. The van der Waals surface area contributed by atoms with Crippen LogP contribution in [0, 0.1) is 0 Å². The summed E-state index contributed by atoms with van der Waals surface area (Å²) < 4.78 is 0. The Hall–Kier alpha value is -1.47. The molecule has 0 aliphatic heterocycles. The van der Waals surface area contributed by atoms with Crippen LogP contribution in [0.25, 0.3) is 0 Å². The van der Waals surface area contributed by atoms with Gasteiger partial charge in [0, 0.05) is 11.8 Å². The van der Waals surface area contributed by atoms with E-state index in [0.29, 0.717) is 19.4 Å². The summed E-state index contributed by atoms with van der Waals surface area (Å²) in [6, 6.07) is -0.855. The van der Waals surface area contributed by atoms with Crippen molar-refractivity contribution >= 4 is 23.2 Å². The first kappa shape index (κ1) is 15.6. The Kier molecular flexibility index (Phi) is 6.44. The molecule has 0 saturated carbocycles. The molecule has 1 aromatic rings. The third-order valence-corrected chi connectivity index (χ3v) is 3.50. The van der Waals surface area contributed by atoms with E-state index < -0.39 is 17.9 Å². The molecule has 0 radical (unpaired) electrons. The number of carbonyl (C=O) groups excluding carboxylic acids is 1. The normalized spacial score (nSPS) is 12.1. The number of hydrogen-bond acceptors (Lipinski definition) is 5. The third-order valence-electron chi connectivity index (χ3n) is 2.59. The molecule has 0 bridgehead atoms. The van der Waals surface area contributed by atoms with Gasteiger partial charge in [0.25, 0.3) is 5.91 Å². The van der Waals surface area contributed by atoms with E-state index in [0.717, 1.165) is 17.8 Å². The Labute approximate surface area is 116 Å². The van der Waals surface area contributed by atoms with Crippen LogP contribution in [0.4, 0.5) is 0 Å². The van der Waals surface area contributed by atoms with Crippen molar-refractivity contribution in [3.05, 3.63) is 16.1 Å². The SMILES string of the molecule is CCCCC(NC(=O)c1csc(CCN)n1)C(=O)O. The number of amides is 1. The van der Waals surface area contributed by atoms with Crippen LogP contribution in [0.3, 0.4) is 0 Å². The summed E-state index contributed by atoms with van der Waals surface area (Å²) in [4.78, 5) is 27.0. The van der Waals surface area contributed by atoms with Crippen molar-refractivity contribution < 1.29 is 14.7 Å². The predicted molar refractivity (Wildman–Crippen MR) is 73.3 cm³/mol. The Bertz CT molecular complexity index is 434. The number of nitrogens with two attached hydrogens (primary N) is 1. The number of thiazole rings is 1. The van der Waals surface area contributed by atoms with Crippen LogP contribution in [0.5, 0.6) is 0 Å². The molecule has 1 rings (SSSR count). The Morgan fingerprint density at radius 2 is 2.32 bits per heavy atom. The van der Waals surface area contributed by atoms with Gasteiger partial charge in [-0.15, -0.1) is 11.3 Å². The minimum absolute atomic E-state index is 0.260. The van der Waals surface area contributed by atoms with Crippen LogP contribution >= 0.6 is 11.3 Å². The zero-order chi connectivity index (χ0) is 14.3. The molecule has 19 heavy (non-hydrogen) atoms. The van der Waals surface area contributed by atoms with E-state index in [2.05, 4.69) is 10.3 Å². The lowest BCUT2D eigenvalue weighted by Gasteiger charge is -2.12. The van der Waals surface area contributed by atoms with E-state index in [-0.39, 0.29) is 5.69 Å². The number of carbonyl (C=O) groups is 2. The second kappa shape index (κ2) is 7.85. The van der Waals surface area contributed by atoms with Gasteiger partial charge in [-0.1, -0.05) is 19.8 Å². The highest BCUT2D eigenvalue weighted by Gasteiger charge is 2.21. The van der Waals surface area contributed by atoms with Crippen molar-refractivity contribution in [3.8, 4) is 0 Å². The molecule has 1 unspecified atom stereocenters. The summed E-state index contributed by atoms with van der Waals surface area (Å²) in [5.41, 5.74) is 5.67. The minimum Gasteiger partial charge on any atom is -0.480 e. The van der Waals surface area contributed by atoms with E-state index >= 15 is 0 Å². The molecular formula is C12H19N3O3S. The van der Waals surface area contributed by atoms with Crippen molar-refractivity contribution in [1.82, 2.24) is 10.3 Å². The average molecular weight is 285 g/mol. The highest BCUT2D eigenvalue weighted by atomic mass is 32.1. The molecule has 0 aromatic carbocycles. The summed E-state index contributed by atoms with van der Waals surface area (Å²) >= 11 is 1.36. The first-order valence-electron chi connectivity index (χ1n) is 6.26. The zero-order valence-corrected chi connectivity index (χ0v) is 11.7. The highest BCUT2D eigenvalue weighted by molar-refractivity contribution is 7.09. The molecule has 106 valence electrons. The van der Waals surface area contributed by atoms with Gasteiger partial charge in [0.2, 0.25) is 0 Å². The molecule has 6 nitrogen and oxygen atoms in total. The van der Waals surface area contributed by atoms with Gasteiger partial charge in [-0.05, 0) is 13.0 Å². The van der Waals surface area contributed by atoms with Crippen LogP contribution in [0.2, 0.25) is 0 Å². The van der Waals surface area contributed by atoms with Crippen molar-refractivity contribution in [1.29, 1.82) is 0 Å². The van der Waals surface area contributed by atoms with Crippen LogP contribution < -0.4 is 11.1 Å². The molecule has 1 amide bonds. The van der Waals surface area contributed by atoms with Crippen LogP contribution in [0.15, 0.2) is 5.38 Å². The van der Waals surface area contributed by atoms with E-state index in [4.69, 9.17) is 10.8 Å². The molecule has 4 N–H and O–H groups in total. The summed E-state index contributed by atoms with van der Waals surface area (Å²) in [5.74, 6) is -1.46. The summed E-state index contributed by atoms with van der Waals surface area (Å²) in [7, 11) is 0. The van der Waals surface area contributed by atoms with Gasteiger partial charge < -0.3 is 16.2 Å². The number of hydrogen-bond donors (Lipinski definition) is 3. The second-order valence-corrected chi connectivity index (χ2v) is 5.11. The summed E-state index contributed by atoms with van der Waals surface area (Å²) in [5, 5.41) is 13.9. The number of nitrogens with zero attached hydrogens (tertiary/aromatic N) is 1. The fourth-order valence-electron chi connectivity index (χ4n) is 1.55. The number of aliphatic carboxylic acids is 1. The summed E-state index contributed by atoms with van der Waals surface area (Å²) in [6.07, 6.45) is 2.69. The van der Waals surface area contributed by atoms with E-state index in [1.807, 2.05) is 6.92 Å². The molecule has 1 aromatic heterocycles. The number of rotatable bonds is 8. The number of unbranched alkanes of at least 4 members (excludes halogenated alkanes) is 1. The Morgan fingerprint density at radius 3 is 2.89 bits per heavy atom. The van der Waals surface area contributed by atoms with Gasteiger partial charge in [-0.2, -0.15) is 0 Å². The molecule has 0 saturated heterocycles. The maximum Gasteiger partial charge on any atom is 0.326 e. The van der Waals surface area contributed by atoms with Crippen molar-refractivity contribution in [2.24, 2.45) is 5.73 Å². The third kappa shape index (κ3) is 4.96. The lowest BCUT2D eigenvalue weighted by Crippen LogP contribution is -2.40. The maximum absolute atomic E-state index is 11.9. The van der Waals surface area contributed by atoms with E-state index in [1.165, 1.54) is 11.3 Å². The number of carboxylic acid groups (broad SMARTS) is 1. The molecule has 1 heterocycles. The number of nitrogens with one attached hydrogen (secondary N) is 1. The van der Waals surface area contributed by atoms with Crippen LogP contribution in [-0.2, 0) is 11.2 Å². The summed E-state index contributed by atoms with van der Waals surface area (Å²) in [6.45, 7) is 2.45. The van der Waals surface area contributed by atoms with Crippen molar-refractivity contribution in [2.75, 3.05) is 6.54 Å². The van der Waals surface area contributed by atoms with Gasteiger partial charge >= 0.3 is 5.97 Å². The number of carboxylic acids is 1. The molecule has 7 heteroatoms. The largest absolute Gasteiger partial charge is 0.480 e. The van der Waals surface area contributed by atoms with Crippen molar-refractivity contribution in [2.45, 2.75) is 38.6 Å². The molecule has 0 aliphatic carbocycles. The first-order valence-corrected chi connectivity index (χ1v) is 7.14. The molecule has 0 fully saturated rings. The van der Waals surface area contributed by atoms with Gasteiger partial charge in [-0.3, -0.25) is 4.79 Å².